The molecule has 1 saturated heterocycles. The van der Waals surface area contributed by atoms with Crippen molar-refractivity contribution in [2.75, 3.05) is 0 Å². The van der Waals surface area contributed by atoms with Crippen LogP contribution in [0.4, 0.5) is 35.1 Å². The van der Waals surface area contributed by atoms with Crippen LogP contribution < -0.4 is 0 Å². The molecule has 2 rings (SSSR count). The summed E-state index contributed by atoms with van der Waals surface area (Å²) < 4.78 is 102. The first-order valence-electron chi connectivity index (χ1n) is 3.17. The van der Waals surface area contributed by atoms with Gasteiger partial charge in [0.05, 0.1) is 0 Å². The largest absolute Gasteiger partial charge is 0.384 e. The maximum absolute atomic E-state index is 12.5. The summed E-state index contributed by atoms with van der Waals surface area (Å²) >= 11 is 0. The van der Waals surface area contributed by atoms with E-state index >= 15 is 0 Å². The molecule has 1 aliphatic heterocycles. The minimum Gasteiger partial charge on any atom is -0.289 e. The summed E-state index contributed by atoms with van der Waals surface area (Å²) in [6.45, 7) is 0. The second kappa shape index (κ2) is 1.74. The molecular weight excluding hydrogens is 228 g/mol. The molecule has 2 aliphatic rings. The number of alkyl halides is 8. The molecule has 1 nitrogen and oxygen atoms in total. The molecule has 0 aromatic rings. The number of halogens is 8. The molecule has 14 heavy (non-hydrogen) atoms. The Morgan fingerprint density at radius 3 is 0.929 bits per heavy atom. The maximum atomic E-state index is 12.5. The Bertz CT molecular complexity index is 274. The Morgan fingerprint density at radius 2 is 0.786 bits per heavy atom. The van der Waals surface area contributed by atoms with Crippen molar-refractivity contribution in [3.63, 3.8) is 0 Å². The lowest BCUT2D eigenvalue weighted by atomic mass is 10.1. The zero-order chi connectivity index (χ0) is 11.2. The average molecular weight is 228 g/mol. The average Bonchev–Trinajstić information content (AvgIpc) is 2.55. The van der Waals surface area contributed by atoms with Gasteiger partial charge in [-0.1, -0.05) is 0 Å². The van der Waals surface area contributed by atoms with Crippen LogP contribution in [0.5, 0.6) is 0 Å². The first-order valence-corrected chi connectivity index (χ1v) is 3.17. The van der Waals surface area contributed by atoms with Crippen molar-refractivity contribution in [1.29, 1.82) is 0 Å². The van der Waals surface area contributed by atoms with Gasteiger partial charge >= 0.3 is 29.5 Å². The summed E-state index contributed by atoms with van der Waals surface area (Å²) in [5.41, 5.74) is 0. The van der Waals surface area contributed by atoms with E-state index in [9.17, 15) is 35.1 Å². The number of fused-ring (bicyclic) bond motifs is 1. The van der Waals surface area contributed by atoms with Gasteiger partial charge in [-0.3, -0.25) is 4.74 Å². The topological polar surface area (TPSA) is 12.5 Å². The molecule has 0 aromatic heterocycles. The molecule has 0 amide bonds. The smallest absolute Gasteiger partial charge is 0.289 e. The standard InChI is InChI=1S/C5F8O/c6-1(7)2(8,9)4(12)5(13,14-4)3(1,10)11. The molecule has 2 fully saturated rings. The van der Waals surface area contributed by atoms with Crippen LogP contribution in [-0.2, 0) is 4.74 Å². The maximum Gasteiger partial charge on any atom is 0.384 e. The minimum absolute atomic E-state index is 2.78. The van der Waals surface area contributed by atoms with Gasteiger partial charge in [-0.15, -0.1) is 0 Å². The summed E-state index contributed by atoms with van der Waals surface area (Å²) in [7, 11) is 0. The molecule has 0 bridgehead atoms. The Labute approximate surface area is 70.6 Å². The second-order valence-electron chi connectivity index (χ2n) is 3.02. The van der Waals surface area contributed by atoms with Gasteiger partial charge in [0, 0.05) is 0 Å². The molecule has 2 unspecified atom stereocenters. The zero-order valence-corrected chi connectivity index (χ0v) is 5.93. The van der Waals surface area contributed by atoms with Crippen molar-refractivity contribution in [1.82, 2.24) is 0 Å². The highest BCUT2D eigenvalue weighted by Gasteiger charge is 3.11. The summed E-state index contributed by atoms with van der Waals surface area (Å²) in [4.78, 5) is 0. The fraction of sp³-hybridized carbons (Fsp3) is 1.00. The highest BCUT2D eigenvalue weighted by atomic mass is 19.4. The van der Waals surface area contributed by atoms with E-state index in [0.717, 1.165) is 0 Å². The molecule has 1 aliphatic carbocycles. The first kappa shape index (κ1) is 9.94. The Balaban J connectivity index is 2.63. The lowest BCUT2D eigenvalue weighted by Crippen LogP contribution is -2.54. The number of hydrogen-bond acceptors (Lipinski definition) is 1. The van der Waals surface area contributed by atoms with Crippen molar-refractivity contribution < 1.29 is 39.9 Å². The van der Waals surface area contributed by atoms with Crippen molar-refractivity contribution in [2.24, 2.45) is 0 Å². The summed E-state index contributed by atoms with van der Waals surface area (Å²) in [5, 5.41) is 0. The van der Waals surface area contributed by atoms with Crippen LogP contribution in [0.3, 0.4) is 0 Å². The van der Waals surface area contributed by atoms with Gasteiger partial charge in [0.25, 0.3) is 0 Å². The van der Waals surface area contributed by atoms with Gasteiger partial charge < -0.3 is 0 Å². The van der Waals surface area contributed by atoms with Crippen molar-refractivity contribution in [3.8, 4) is 0 Å². The molecule has 9 heteroatoms. The predicted octanol–water partition coefficient (Wildman–Crippen LogP) is 2.27. The molecule has 2 atom stereocenters. The fourth-order valence-electron chi connectivity index (χ4n) is 1.30. The number of hydrogen-bond donors (Lipinski definition) is 0. The highest BCUT2D eigenvalue weighted by molar-refractivity contribution is 5.32. The summed E-state index contributed by atoms with van der Waals surface area (Å²) in [5.74, 6) is -27.8. The highest BCUT2D eigenvalue weighted by Crippen LogP contribution is 2.78. The van der Waals surface area contributed by atoms with Crippen LogP contribution in [0.15, 0.2) is 0 Å². The van der Waals surface area contributed by atoms with E-state index in [4.69, 9.17) is 0 Å². The van der Waals surface area contributed by atoms with Crippen LogP contribution in [0.2, 0.25) is 0 Å². The first-order chi connectivity index (χ1) is 5.96. The third kappa shape index (κ3) is 0.526. The molecular formula is C5F8O. The minimum atomic E-state index is -6.11. The van der Waals surface area contributed by atoms with Crippen molar-refractivity contribution in [3.05, 3.63) is 0 Å². The van der Waals surface area contributed by atoms with Crippen molar-refractivity contribution >= 4 is 0 Å². The zero-order valence-electron chi connectivity index (χ0n) is 5.93. The van der Waals surface area contributed by atoms with Crippen molar-refractivity contribution in [2.45, 2.75) is 29.5 Å². The molecule has 0 radical (unpaired) electrons. The number of rotatable bonds is 0. The van der Waals surface area contributed by atoms with E-state index in [0.29, 0.717) is 0 Å². The second-order valence-corrected chi connectivity index (χ2v) is 3.02. The lowest BCUT2D eigenvalue weighted by Gasteiger charge is -2.26. The van der Waals surface area contributed by atoms with E-state index in [1.807, 2.05) is 0 Å². The Hall–Kier alpha value is -0.600. The Morgan fingerprint density at radius 1 is 0.500 bits per heavy atom. The van der Waals surface area contributed by atoms with Gasteiger partial charge in [0.1, 0.15) is 0 Å². The molecule has 0 spiro atoms. The van der Waals surface area contributed by atoms with E-state index in [1.165, 1.54) is 0 Å². The van der Waals surface area contributed by atoms with Gasteiger partial charge in [0.15, 0.2) is 0 Å². The number of epoxide rings is 1. The van der Waals surface area contributed by atoms with E-state index in [2.05, 4.69) is 4.74 Å². The third-order valence-corrected chi connectivity index (χ3v) is 2.25. The normalized spacial score (nSPS) is 51.4. The molecule has 0 aromatic carbocycles. The lowest BCUT2D eigenvalue weighted by molar-refractivity contribution is -0.339. The Kier molecular flexibility index (Phi) is 1.24. The van der Waals surface area contributed by atoms with E-state index in [-0.39, 0.29) is 0 Å². The van der Waals surface area contributed by atoms with E-state index in [1.54, 1.807) is 0 Å². The molecule has 0 N–H and O–H groups in total. The van der Waals surface area contributed by atoms with Crippen LogP contribution in [-0.4, -0.2) is 29.5 Å². The van der Waals surface area contributed by atoms with E-state index < -0.39 is 29.5 Å². The van der Waals surface area contributed by atoms with Gasteiger partial charge in [0.2, 0.25) is 0 Å². The van der Waals surface area contributed by atoms with Crippen LogP contribution in [0, 0.1) is 0 Å². The third-order valence-electron chi connectivity index (χ3n) is 2.25. The molecule has 1 saturated carbocycles. The summed E-state index contributed by atoms with van der Waals surface area (Å²) in [6.07, 6.45) is 0. The molecule has 82 valence electrons. The van der Waals surface area contributed by atoms with Crippen LogP contribution >= 0.6 is 0 Å². The summed E-state index contributed by atoms with van der Waals surface area (Å²) in [6, 6.07) is 0. The van der Waals surface area contributed by atoms with Gasteiger partial charge in [-0.2, -0.15) is 35.1 Å². The monoisotopic (exact) mass is 228 g/mol. The van der Waals surface area contributed by atoms with Crippen LogP contribution in [0.25, 0.3) is 0 Å². The van der Waals surface area contributed by atoms with Crippen LogP contribution in [0.1, 0.15) is 0 Å². The fourth-order valence-corrected chi connectivity index (χ4v) is 1.30. The SMILES string of the molecule is FC1(F)C(F)(F)C2(F)OC2(F)C1(F)F. The van der Waals surface area contributed by atoms with Gasteiger partial charge in [-0.05, 0) is 0 Å². The molecule has 1 heterocycles. The predicted molar refractivity (Wildman–Crippen MR) is 23.6 cm³/mol. The quantitative estimate of drug-likeness (QED) is 0.457. The van der Waals surface area contributed by atoms with Gasteiger partial charge in [-0.25, -0.2) is 0 Å². The number of ether oxygens (including phenoxy) is 1.